The number of nitrogens with zero attached hydrogens (tertiary/aromatic N) is 2. The Morgan fingerprint density at radius 2 is 1.68 bits per heavy atom. The van der Waals surface area contributed by atoms with Gasteiger partial charge in [0, 0.05) is 24.7 Å². The Bertz CT molecular complexity index is 910. The van der Waals surface area contributed by atoms with E-state index in [1.807, 2.05) is 0 Å². The minimum atomic E-state index is -0.480. The molecule has 2 heterocycles. The second kappa shape index (κ2) is 6.63. The largest absolute Gasteiger partial charge is 0.457 e. The summed E-state index contributed by atoms with van der Waals surface area (Å²) in [6.07, 6.45) is 1.39. The Morgan fingerprint density at radius 1 is 1.04 bits per heavy atom. The van der Waals surface area contributed by atoms with Crippen LogP contribution >= 0.6 is 35.4 Å². The average molecular weight is 395 g/mol. The van der Waals surface area contributed by atoms with Gasteiger partial charge >= 0.3 is 0 Å². The minimum absolute atomic E-state index is 0.0308. The number of hydrogen-bond donors (Lipinski definition) is 0. The van der Waals surface area contributed by atoms with Crippen molar-refractivity contribution >= 4 is 58.4 Å². The predicted molar refractivity (Wildman–Crippen MR) is 100 cm³/mol. The lowest BCUT2D eigenvalue weighted by molar-refractivity contribution is -0.132. The quantitative estimate of drug-likeness (QED) is 0.440. The van der Waals surface area contributed by atoms with Gasteiger partial charge in [0.1, 0.15) is 17.1 Å². The molecule has 2 amide bonds. The molecule has 5 nitrogen and oxygen atoms in total. The molecule has 1 aromatic heterocycles. The van der Waals surface area contributed by atoms with E-state index in [2.05, 4.69) is 0 Å². The summed E-state index contributed by atoms with van der Waals surface area (Å²) in [7, 11) is 3.03. The predicted octanol–water partition coefficient (Wildman–Crippen LogP) is 3.85. The van der Waals surface area contributed by atoms with Crippen molar-refractivity contribution < 1.29 is 14.0 Å². The Kier molecular flexibility index (Phi) is 4.69. The first-order chi connectivity index (χ1) is 11.8. The van der Waals surface area contributed by atoms with E-state index in [4.69, 9.17) is 39.8 Å². The van der Waals surface area contributed by atoms with Crippen LogP contribution in [0.2, 0.25) is 10.0 Å². The molecule has 0 saturated carbocycles. The molecule has 0 unspecified atom stereocenters. The molecule has 1 aliphatic heterocycles. The maximum absolute atomic E-state index is 12.3. The summed E-state index contributed by atoms with van der Waals surface area (Å²) < 4.78 is 5.71. The molecule has 0 atom stereocenters. The van der Waals surface area contributed by atoms with Gasteiger partial charge in [0.15, 0.2) is 5.11 Å². The van der Waals surface area contributed by atoms with E-state index in [0.717, 1.165) is 0 Å². The molecule has 25 heavy (non-hydrogen) atoms. The highest BCUT2D eigenvalue weighted by molar-refractivity contribution is 7.80. The standard InChI is InChI=1S/C17H12Cl2N2O3S/c1-20-15(22)12(16(23)21(2)17(20)25)8-10-4-6-14(24-10)11-7-9(18)3-5-13(11)19/h3-8H,1-2H3. The van der Waals surface area contributed by atoms with Crippen molar-refractivity contribution in [2.24, 2.45) is 0 Å². The second-order valence-electron chi connectivity index (χ2n) is 5.40. The summed E-state index contributed by atoms with van der Waals surface area (Å²) in [5.41, 5.74) is 0.590. The van der Waals surface area contributed by atoms with Crippen LogP contribution in [-0.4, -0.2) is 40.8 Å². The van der Waals surface area contributed by atoms with Crippen molar-refractivity contribution in [2.75, 3.05) is 14.1 Å². The molecule has 8 heteroatoms. The molecule has 1 saturated heterocycles. The van der Waals surface area contributed by atoms with E-state index in [9.17, 15) is 9.59 Å². The first-order valence-corrected chi connectivity index (χ1v) is 8.33. The summed E-state index contributed by atoms with van der Waals surface area (Å²) in [4.78, 5) is 27.1. The average Bonchev–Trinajstić information content (AvgIpc) is 3.06. The van der Waals surface area contributed by atoms with E-state index in [1.54, 1.807) is 30.3 Å². The van der Waals surface area contributed by atoms with E-state index in [1.165, 1.54) is 30.0 Å². The zero-order valence-corrected chi connectivity index (χ0v) is 15.6. The molecule has 0 radical (unpaired) electrons. The first-order valence-electron chi connectivity index (χ1n) is 7.16. The zero-order valence-electron chi connectivity index (χ0n) is 13.2. The number of amides is 2. The molecule has 0 spiro atoms. The van der Waals surface area contributed by atoms with Crippen molar-refractivity contribution in [3.63, 3.8) is 0 Å². The van der Waals surface area contributed by atoms with Crippen LogP contribution in [0.1, 0.15) is 5.76 Å². The summed E-state index contributed by atoms with van der Waals surface area (Å²) in [5, 5.41) is 1.15. The van der Waals surface area contributed by atoms with Gasteiger partial charge in [-0.1, -0.05) is 23.2 Å². The summed E-state index contributed by atoms with van der Waals surface area (Å²) >= 11 is 17.2. The maximum atomic E-state index is 12.3. The van der Waals surface area contributed by atoms with Crippen LogP contribution in [-0.2, 0) is 9.59 Å². The molecule has 0 bridgehead atoms. The number of likely N-dealkylation sites (N-methyl/N-ethyl adjacent to an activating group) is 2. The van der Waals surface area contributed by atoms with Gasteiger partial charge in [-0.3, -0.25) is 19.4 Å². The number of benzene rings is 1. The number of carbonyl (C=O) groups excluding carboxylic acids is 2. The molecule has 1 fully saturated rings. The van der Waals surface area contributed by atoms with Crippen molar-refractivity contribution in [2.45, 2.75) is 0 Å². The molecule has 0 N–H and O–H groups in total. The number of thiocarbonyl (C=S) groups is 1. The molecule has 2 aromatic rings. The first kappa shape index (κ1) is 17.7. The van der Waals surface area contributed by atoms with Crippen LogP contribution in [0, 0.1) is 0 Å². The van der Waals surface area contributed by atoms with Gasteiger partial charge in [-0.15, -0.1) is 0 Å². The van der Waals surface area contributed by atoms with E-state index < -0.39 is 11.8 Å². The summed E-state index contributed by atoms with van der Waals surface area (Å²) in [6, 6.07) is 8.36. The Hall–Kier alpha value is -2.15. The SMILES string of the molecule is CN1C(=O)C(=Cc2ccc(-c3cc(Cl)ccc3Cl)o2)C(=O)N(C)C1=S. The van der Waals surface area contributed by atoms with Crippen LogP contribution in [0.5, 0.6) is 0 Å². The van der Waals surface area contributed by atoms with Crippen molar-refractivity contribution in [3.8, 4) is 11.3 Å². The van der Waals surface area contributed by atoms with Gasteiger partial charge in [0.2, 0.25) is 0 Å². The normalized spacial score (nSPS) is 15.2. The lowest BCUT2D eigenvalue weighted by Crippen LogP contribution is -2.52. The molecule has 1 aromatic carbocycles. The van der Waals surface area contributed by atoms with Crippen LogP contribution in [0.15, 0.2) is 40.3 Å². The lowest BCUT2D eigenvalue weighted by Gasteiger charge is -2.31. The monoisotopic (exact) mass is 394 g/mol. The molecule has 0 aliphatic carbocycles. The van der Waals surface area contributed by atoms with Gasteiger partial charge in [-0.2, -0.15) is 0 Å². The number of rotatable bonds is 2. The highest BCUT2D eigenvalue weighted by Gasteiger charge is 2.35. The van der Waals surface area contributed by atoms with Crippen molar-refractivity contribution in [1.29, 1.82) is 0 Å². The lowest BCUT2D eigenvalue weighted by atomic mass is 10.1. The van der Waals surface area contributed by atoms with Crippen molar-refractivity contribution in [1.82, 2.24) is 9.80 Å². The zero-order chi connectivity index (χ0) is 18.3. The molecular formula is C17H12Cl2N2O3S. The third-order valence-electron chi connectivity index (χ3n) is 3.75. The molecule has 128 valence electrons. The van der Waals surface area contributed by atoms with Gasteiger partial charge in [-0.25, -0.2) is 0 Å². The Labute approximate surface area is 159 Å². The number of carbonyl (C=O) groups is 2. The number of furan rings is 1. The molecule has 1 aliphatic rings. The van der Waals surface area contributed by atoms with Gasteiger partial charge in [0.25, 0.3) is 11.8 Å². The maximum Gasteiger partial charge on any atom is 0.265 e. The van der Waals surface area contributed by atoms with Gasteiger partial charge in [-0.05, 0) is 48.6 Å². The van der Waals surface area contributed by atoms with Crippen molar-refractivity contribution in [3.05, 3.63) is 51.7 Å². The van der Waals surface area contributed by atoms with E-state index >= 15 is 0 Å². The molecule has 3 rings (SSSR count). The fourth-order valence-electron chi connectivity index (χ4n) is 2.38. The van der Waals surface area contributed by atoms with Gasteiger partial charge in [0.05, 0.1) is 5.02 Å². The number of halogens is 2. The van der Waals surface area contributed by atoms with Crippen LogP contribution in [0.25, 0.3) is 17.4 Å². The smallest absolute Gasteiger partial charge is 0.265 e. The van der Waals surface area contributed by atoms with Gasteiger partial charge < -0.3 is 4.42 Å². The number of hydrogen-bond acceptors (Lipinski definition) is 4. The fourth-order valence-corrected chi connectivity index (χ4v) is 2.93. The second-order valence-corrected chi connectivity index (χ2v) is 6.60. The Morgan fingerprint density at radius 3 is 2.32 bits per heavy atom. The third kappa shape index (κ3) is 3.20. The fraction of sp³-hybridized carbons (Fsp3) is 0.118. The van der Waals surface area contributed by atoms with Crippen LogP contribution < -0.4 is 0 Å². The minimum Gasteiger partial charge on any atom is -0.457 e. The summed E-state index contributed by atoms with van der Waals surface area (Å²) in [5.74, 6) is -0.136. The van der Waals surface area contributed by atoms with E-state index in [0.29, 0.717) is 27.1 Å². The highest BCUT2D eigenvalue weighted by atomic mass is 35.5. The topological polar surface area (TPSA) is 53.8 Å². The highest BCUT2D eigenvalue weighted by Crippen LogP contribution is 2.32. The van der Waals surface area contributed by atoms with Crippen LogP contribution in [0.4, 0.5) is 0 Å². The van der Waals surface area contributed by atoms with Crippen LogP contribution in [0.3, 0.4) is 0 Å². The van der Waals surface area contributed by atoms with E-state index in [-0.39, 0.29) is 10.7 Å². The third-order valence-corrected chi connectivity index (χ3v) is 4.86. The Balaban J connectivity index is 1.99. The summed E-state index contributed by atoms with van der Waals surface area (Å²) in [6.45, 7) is 0. The molecular weight excluding hydrogens is 383 g/mol.